The van der Waals surface area contributed by atoms with E-state index < -0.39 is 0 Å². The van der Waals surface area contributed by atoms with Gasteiger partial charge in [0.15, 0.2) is 0 Å². The molecule has 1 aromatic heterocycles. The summed E-state index contributed by atoms with van der Waals surface area (Å²) in [5, 5.41) is 6.98. The number of nitrogens with zero attached hydrogens (tertiary/aromatic N) is 2. The van der Waals surface area contributed by atoms with Crippen molar-refractivity contribution < 1.29 is 0 Å². The first kappa shape index (κ1) is 16.0. The molecular formula is C19H31N3S. The summed E-state index contributed by atoms with van der Waals surface area (Å²) < 4.78 is 0. The monoisotopic (exact) mass is 333 g/mol. The SMILES string of the molecule is c1csc(CN(CCC2CCCCC2)C2CC23CCNCC3)n1. The Balaban J connectivity index is 1.37. The van der Waals surface area contributed by atoms with Gasteiger partial charge in [0.2, 0.25) is 0 Å². The largest absolute Gasteiger partial charge is 0.317 e. The van der Waals surface area contributed by atoms with E-state index in [-0.39, 0.29) is 0 Å². The molecule has 3 aliphatic rings. The Morgan fingerprint density at radius 1 is 1.22 bits per heavy atom. The second-order valence-corrected chi connectivity index (χ2v) is 9.00. The van der Waals surface area contributed by atoms with Gasteiger partial charge in [0.25, 0.3) is 0 Å². The number of nitrogens with one attached hydrogen (secondary N) is 1. The first-order chi connectivity index (χ1) is 11.4. The maximum Gasteiger partial charge on any atom is 0.107 e. The second-order valence-electron chi connectivity index (χ2n) is 8.02. The molecule has 0 bridgehead atoms. The van der Waals surface area contributed by atoms with E-state index in [1.54, 1.807) is 0 Å². The van der Waals surface area contributed by atoms with Gasteiger partial charge in [0.05, 0.1) is 6.54 Å². The molecule has 0 amide bonds. The highest BCUT2D eigenvalue weighted by Gasteiger charge is 2.56. The molecule has 3 nitrogen and oxygen atoms in total. The van der Waals surface area contributed by atoms with Crippen LogP contribution in [0.25, 0.3) is 0 Å². The Morgan fingerprint density at radius 2 is 2.04 bits per heavy atom. The molecule has 1 unspecified atom stereocenters. The van der Waals surface area contributed by atoms with Crippen LogP contribution in [0.3, 0.4) is 0 Å². The molecule has 2 aliphatic carbocycles. The summed E-state index contributed by atoms with van der Waals surface area (Å²) in [5.74, 6) is 0.991. The second kappa shape index (κ2) is 7.20. The minimum Gasteiger partial charge on any atom is -0.317 e. The van der Waals surface area contributed by atoms with E-state index >= 15 is 0 Å². The highest BCUT2D eigenvalue weighted by molar-refractivity contribution is 7.09. The van der Waals surface area contributed by atoms with Crippen molar-refractivity contribution in [3.05, 3.63) is 16.6 Å². The van der Waals surface area contributed by atoms with Gasteiger partial charge in [-0.2, -0.15) is 0 Å². The predicted molar refractivity (Wildman–Crippen MR) is 96.7 cm³/mol. The van der Waals surface area contributed by atoms with Crippen molar-refractivity contribution in [3.8, 4) is 0 Å². The Kier molecular flexibility index (Phi) is 5.02. The van der Waals surface area contributed by atoms with Crippen molar-refractivity contribution in [2.45, 2.75) is 70.4 Å². The lowest BCUT2D eigenvalue weighted by atomic mass is 9.87. The van der Waals surface area contributed by atoms with Gasteiger partial charge in [-0.05, 0) is 56.7 Å². The van der Waals surface area contributed by atoms with Crippen LogP contribution >= 0.6 is 11.3 Å². The van der Waals surface area contributed by atoms with Crippen molar-refractivity contribution in [2.75, 3.05) is 19.6 Å². The Bertz CT molecular complexity index is 475. The van der Waals surface area contributed by atoms with Crippen LogP contribution in [-0.2, 0) is 6.54 Å². The molecule has 1 atom stereocenters. The first-order valence-electron chi connectivity index (χ1n) is 9.69. The molecule has 4 heteroatoms. The van der Waals surface area contributed by atoms with Crippen molar-refractivity contribution in [1.29, 1.82) is 0 Å². The number of hydrogen-bond acceptors (Lipinski definition) is 4. The molecule has 0 aromatic carbocycles. The fraction of sp³-hybridized carbons (Fsp3) is 0.842. The maximum atomic E-state index is 4.56. The summed E-state index contributed by atoms with van der Waals surface area (Å²) in [7, 11) is 0. The van der Waals surface area contributed by atoms with E-state index in [0.717, 1.165) is 18.5 Å². The zero-order chi connectivity index (χ0) is 15.5. The average Bonchev–Trinajstić information content (AvgIpc) is 3.04. The molecule has 2 heterocycles. The number of thiazole rings is 1. The maximum absolute atomic E-state index is 4.56. The smallest absolute Gasteiger partial charge is 0.107 e. The zero-order valence-corrected chi connectivity index (χ0v) is 15.1. The normalized spacial score (nSPS) is 27.6. The first-order valence-corrected chi connectivity index (χ1v) is 10.6. The van der Waals surface area contributed by atoms with Crippen LogP contribution < -0.4 is 5.32 Å². The fourth-order valence-electron chi connectivity index (χ4n) is 4.98. The van der Waals surface area contributed by atoms with Crippen LogP contribution in [0, 0.1) is 11.3 Å². The number of piperidine rings is 1. The highest BCUT2D eigenvalue weighted by atomic mass is 32.1. The minimum atomic E-state index is 0.648. The summed E-state index contributed by atoms with van der Waals surface area (Å²) in [6, 6.07) is 0.831. The summed E-state index contributed by atoms with van der Waals surface area (Å²) in [4.78, 5) is 7.36. The van der Waals surface area contributed by atoms with Crippen LogP contribution in [0.2, 0.25) is 0 Å². The highest BCUT2D eigenvalue weighted by Crippen LogP contribution is 2.56. The third kappa shape index (κ3) is 3.80. The van der Waals surface area contributed by atoms with Gasteiger partial charge in [0, 0.05) is 17.6 Å². The Morgan fingerprint density at radius 3 is 2.78 bits per heavy atom. The third-order valence-electron chi connectivity index (χ3n) is 6.56. The molecule has 0 radical (unpaired) electrons. The topological polar surface area (TPSA) is 28.2 Å². The number of aromatic nitrogens is 1. The summed E-state index contributed by atoms with van der Waals surface area (Å²) in [5.41, 5.74) is 0.648. The summed E-state index contributed by atoms with van der Waals surface area (Å²) in [6.07, 6.45) is 14.9. The zero-order valence-electron chi connectivity index (χ0n) is 14.3. The lowest BCUT2D eigenvalue weighted by Crippen LogP contribution is -2.37. The average molecular weight is 334 g/mol. The predicted octanol–water partition coefficient (Wildman–Crippen LogP) is 4.06. The Labute approximate surface area is 144 Å². The molecule has 1 saturated heterocycles. The molecule has 23 heavy (non-hydrogen) atoms. The lowest BCUT2D eigenvalue weighted by Gasteiger charge is -2.31. The fourth-order valence-corrected chi connectivity index (χ4v) is 5.62. The minimum absolute atomic E-state index is 0.648. The number of rotatable bonds is 6. The van der Waals surface area contributed by atoms with E-state index in [0.29, 0.717) is 5.41 Å². The van der Waals surface area contributed by atoms with Gasteiger partial charge in [0.1, 0.15) is 5.01 Å². The van der Waals surface area contributed by atoms with Crippen LogP contribution in [0.4, 0.5) is 0 Å². The molecule has 2 saturated carbocycles. The van der Waals surface area contributed by atoms with Crippen LogP contribution in [0.5, 0.6) is 0 Å². The standard InChI is InChI=1S/C19H31N3S/c1-2-4-16(5-3-1)6-12-22(15-18-21-11-13-23-18)17-14-19(17)7-9-20-10-8-19/h11,13,16-17,20H,1-10,12,14-15H2. The van der Waals surface area contributed by atoms with Crippen LogP contribution in [-0.4, -0.2) is 35.6 Å². The van der Waals surface area contributed by atoms with Gasteiger partial charge in [-0.1, -0.05) is 32.1 Å². The molecule has 3 fully saturated rings. The summed E-state index contributed by atoms with van der Waals surface area (Å²) >= 11 is 1.83. The quantitative estimate of drug-likeness (QED) is 0.851. The van der Waals surface area contributed by atoms with E-state index in [2.05, 4.69) is 20.6 Å². The molecule has 4 rings (SSSR count). The van der Waals surface area contributed by atoms with Gasteiger partial charge in [-0.25, -0.2) is 4.98 Å². The Hall–Kier alpha value is -0.450. The third-order valence-corrected chi connectivity index (χ3v) is 7.32. The molecule has 1 spiro atoms. The van der Waals surface area contributed by atoms with Gasteiger partial charge in [-0.15, -0.1) is 11.3 Å². The van der Waals surface area contributed by atoms with Crippen molar-refractivity contribution >= 4 is 11.3 Å². The molecule has 1 N–H and O–H groups in total. The van der Waals surface area contributed by atoms with Crippen LogP contribution in [0.1, 0.15) is 62.8 Å². The van der Waals surface area contributed by atoms with Crippen molar-refractivity contribution in [3.63, 3.8) is 0 Å². The van der Waals surface area contributed by atoms with E-state index in [9.17, 15) is 0 Å². The summed E-state index contributed by atoms with van der Waals surface area (Å²) in [6.45, 7) is 4.84. The van der Waals surface area contributed by atoms with E-state index in [4.69, 9.17) is 0 Å². The molecular weight excluding hydrogens is 302 g/mol. The van der Waals surface area contributed by atoms with Crippen LogP contribution in [0.15, 0.2) is 11.6 Å². The van der Waals surface area contributed by atoms with E-state index in [1.807, 2.05) is 17.5 Å². The van der Waals surface area contributed by atoms with Gasteiger partial charge in [-0.3, -0.25) is 4.90 Å². The molecule has 1 aromatic rings. The molecule has 128 valence electrons. The van der Waals surface area contributed by atoms with E-state index in [1.165, 1.54) is 82.4 Å². The van der Waals surface area contributed by atoms with Crippen molar-refractivity contribution in [2.24, 2.45) is 11.3 Å². The number of hydrogen-bond donors (Lipinski definition) is 1. The van der Waals surface area contributed by atoms with Crippen molar-refractivity contribution in [1.82, 2.24) is 15.2 Å². The van der Waals surface area contributed by atoms with Gasteiger partial charge < -0.3 is 5.32 Å². The van der Waals surface area contributed by atoms with Gasteiger partial charge >= 0.3 is 0 Å². The molecule has 1 aliphatic heterocycles. The lowest BCUT2D eigenvalue weighted by molar-refractivity contribution is 0.176.